The summed E-state index contributed by atoms with van der Waals surface area (Å²) in [6, 6.07) is 1.96. The molecule has 0 amide bonds. The molecule has 20 heavy (non-hydrogen) atoms. The van der Waals surface area contributed by atoms with E-state index in [1.165, 1.54) is 6.92 Å². The smallest absolute Gasteiger partial charge is 0.338 e. The summed E-state index contributed by atoms with van der Waals surface area (Å²) in [5.74, 6) is -1.52. The molecule has 4 nitrogen and oxygen atoms in total. The van der Waals surface area contributed by atoms with Gasteiger partial charge < -0.3 is 4.74 Å². The summed E-state index contributed by atoms with van der Waals surface area (Å²) in [6.07, 6.45) is -0.372. The van der Waals surface area contributed by atoms with E-state index >= 15 is 0 Å². The van der Waals surface area contributed by atoms with Crippen molar-refractivity contribution in [2.75, 3.05) is 0 Å². The summed E-state index contributed by atoms with van der Waals surface area (Å²) in [5, 5.41) is 0. The highest BCUT2D eigenvalue weighted by Crippen LogP contribution is 2.24. The molecule has 7 heteroatoms. The van der Waals surface area contributed by atoms with Gasteiger partial charge in [-0.25, -0.2) is 17.6 Å². The Kier molecular flexibility index (Phi) is 5.15. The Bertz CT molecular complexity index is 626. The number of halogens is 2. The van der Waals surface area contributed by atoms with Gasteiger partial charge in [-0.05, 0) is 31.9 Å². The summed E-state index contributed by atoms with van der Waals surface area (Å²) in [6.45, 7) is 6.70. The molecule has 112 valence electrons. The Morgan fingerprint density at radius 3 is 2.30 bits per heavy atom. The number of esters is 1. The SMILES string of the molecule is Cc1c(F)cc(C(=O)OC(C)C(C)C)cc1S(=O)(=O)Cl. The van der Waals surface area contributed by atoms with Crippen LogP contribution in [0.2, 0.25) is 0 Å². The molecule has 1 aromatic rings. The summed E-state index contributed by atoms with van der Waals surface area (Å²) in [4.78, 5) is 11.4. The predicted molar refractivity (Wildman–Crippen MR) is 73.9 cm³/mol. The molecule has 1 atom stereocenters. The minimum absolute atomic E-state index is 0.0884. The highest BCUT2D eigenvalue weighted by Gasteiger charge is 2.22. The third-order valence-electron chi connectivity index (χ3n) is 3.03. The van der Waals surface area contributed by atoms with E-state index in [9.17, 15) is 17.6 Å². The molecule has 1 aromatic carbocycles. The molecule has 0 bridgehead atoms. The van der Waals surface area contributed by atoms with Gasteiger partial charge in [-0.2, -0.15) is 0 Å². The van der Waals surface area contributed by atoms with Crippen molar-refractivity contribution in [2.45, 2.75) is 38.7 Å². The van der Waals surface area contributed by atoms with Crippen molar-refractivity contribution in [3.63, 3.8) is 0 Å². The molecule has 0 fully saturated rings. The summed E-state index contributed by atoms with van der Waals surface area (Å²) < 4.78 is 41.5. The van der Waals surface area contributed by atoms with Crippen LogP contribution in [0, 0.1) is 18.7 Å². The zero-order valence-electron chi connectivity index (χ0n) is 11.6. The fraction of sp³-hybridized carbons (Fsp3) is 0.462. The molecule has 0 spiro atoms. The molecule has 1 rings (SSSR count). The Morgan fingerprint density at radius 1 is 1.30 bits per heavy atom. The highest BCUT2D eigenvalue weighted by atomic mass is 35.7. The Labute approximate surface area is 122 Å². The van der Waals surface area contributed by atoms with Gasteiger partial charge in [0, 0.05) is 16.2 Å². The van der Waals surface area contributed by atoms with E-state index in [-0.39, 0.29) is 23.1 Å². The number of rotatable bonds is 4. The van der Waals surface area contributed by atoms with Crippen LogP contribution in [-0.2, 0) is 13.8 Å². The minimum Gasteiger partial charge on any atom is -0.459 e. The van der Waals surface area contributed by atoms with Gasteiger partial charge in [-0.15, -0.1) is 0 Å². The summed E-state index contributed by atoms with van der Waals surface area (Å²) in [7, 11) is 1.09. The molecule has 0 aromatic heterocycles. The molecule has 0 saturated carbocycles. The van der Waals surface area contributed by atoms with E-state index in [4.69, 9.17) is 15.4 Å². The van der Waals surface area contributed by atoms with Gasteiger partial charge in [-0.3, -0.25) is 0 Å². The van der Waals surface area contributed by atoms with Gasteiger partial charge in [0.15, 0.2) is 0 Å². The van der Waals surface area contributed by atoms with Crippen LogP contribution in [0.5, 0.6) is 0 Å². The van der Waals surface area contributed by atoms with Crippen LogP contribution in [0.15, 0.2) is 17.0 Å². The van der Waals surface area contributed by atoms with Crippen LogP contribution < -0.4 is 0 Å². The zero-order chi connectivity index (χ0) is 15.7. The molecule has 0 aliphatic rings. The summed E-state index contributed by atoms with van der Waals surface area (Å²) in [5.41, 5.74) is -0.312. The maximum absolute atomic E-state index is 13.7. The second-order valence-corrected chi connectivity index (χ2v) is 7.41. The molecule has 0 aliphatic heterocycles. The van der Waals surface area contributed by atoms with E-state index in [0.29, 0.717) is 0 Å². The number of carbonyl (C=O) groups is 1. The normalized spacial score (nSPS) is 13.3. The molecule has 0 radical (unpaired) electrons. The zero-order valence-corrected chi connectivity index (χ0v) is 13.2. The second kappa shape index (κ2) is 6.10. The molecule has 0 aliphatic carbocycles. The van der Waals surface area contributed by atoms with Crippen molar-refractivity contribution in [3.8, 4) is 0 Å². The monoisotopic (exact) mass is 322 g/mol. The van der Waals surface area contributed by atoms with E-state index in [0.717, 1.165) is 12.1 Å². The average molecular weight is 323 g/mol. The molecule has 0 heterocycles. The fourth-order valence-corrected chi connectivity index (χ4v) is 2.61. The van der Waals surface area contributed by atoms with Gasteiger partial charge in [0.1, 0.15) is 11.9 Å². The average Bonchev–Trinajstić information content (AvgIpc) is 2.30. The van der Waals surface area contributed by atoms with E-state index in [1.54, 1.807) is 6.92 Å². The fourth-order valence-electron chi connectivity index (χ4n) is 1.40. The molecule has 0 saturated heterocycles. The molecule has 1 unspecified atom stereocenters. The topological polar surface area (TPSA) is 60.4 Å². The van der Waals surface area contributed by atoms with Gasteiger partial charge in [-0.1, -0.05) is 13.8 Å². The van der Waals surface area contributed by atoms with Crippen LogP contribution in [-0.4, -0.2) is 20.5 Å². The third-order valence-corrected chi connectivity index (χ3v) is 4.47. The van der Waals surface area contributed by atoms with Crippen molar-refractivity contribution in [1.82, 2.24) is 0 Å². The Balaban J connectivity index is 3.21. The van der Waals surface area contributed by atoms with E-state index < -0.39 is 25.7 Å². The van der Waals surface area contributed by atoms with Gasteiger partial charge in [0.25, 0.3) is 9.05 Å². The van der Waals surface area contributed by atoms with Crippen molar-refractivity contribution in [2.24, 2.45) is 5.92 Å². The Morgan fingerprint density at radius 2 is 1.85 bits per heavy atom. The lowest BCUT2D eigenvalue weighted by Crippen LogP contribution is -2.20. The standard InChI is InChI=1S/C13H16ClFO4S/c1-7(2)9(4)19-13(16)10-5-11(15)8(3)12(6-10)20(14,17)18/h5-7,9H,1-4H3. The van der Waals surface area contributed by atoms with Crippen LogP contribution in [0.1, 0.15) is 36.7 Å². The highest BCUT2D eigenvalue weighted by molar-refractivity contribution is 8.13. The number of benzene rings is 1. The number of hydrogen-bond acceptors (Lipinski definition) is 4. The number of carbonyl (C=O) groups excluding carboxylic acids is 1. The van der Waals surface area contributed by atoms with Gasteiger partial charge in [0.2, 0.25) is 0 Å². The second-order valence-electron chi connectivity index (χ2n) is 4.87. The first-order valence-corrected chi connectivity index (χ1v) is 8.30. The van der Waals surface area contributed by atoms with Crippen LogP contribution >= 0.6 is 10.7 Å². The van der Waals surface area contributed by atoms with Crippen molar-refractivity contribution in [1.29, 1.82) is 0 Å². The number of ether oxygens (including phenoxy) is 1. The largest absolute Gasteiger partial charge is 0.459 e. The minimum atomic E-state index is -4.13. The first kappa shape index (κ1) is 16.9. The Hall–Kier alpha value is -1.14. The van der Waals surface area contributed by atoms with Crippen LogP contribution in [0.3, 0.4) is 0 Å². The van der Waals surface area contributed by atoms with Crippen molar-refractivity contribution >= 4 is 25.7 Å². The predicted octanol–water partition coefficient (Wildman–Crippen LogP) is 3.26. The van der Waals surface area contributed by atoms with Gasteiger partial charge >= 0.3 is 5.97 Å². The molecule has 0 N–H and O–H groups in total. The van der Waals surface area contributed by atoms with Gasteiger partial charge in [0.05, 0.1) is 10.5 Å². The first-order chi connectivity index (χ1) is 9.04. The lowest BCUT2D eigenvalue weighted by Gasteiger charge is -2.17. The molecular weight excluding hydrogens is 307 g/mol. The van der Waals surface area contributed by atoms with Crippen molar-refractivity contribution < 1.29 is 22.3 Å². The van der Waals surface area contributed by atoms with Crippen LogP contribution in [0.4, 0.5) is 4.39 Å². The lowest BCUT2D eigenvalue weighted by molar-refractivity contribution is 0.0237. The number of hydrogen-bond donors (Lipinski definition) is 0. The maximum Gasteiger partial charge on any atom is 0.338 e. The lowest BCUT2D eigenvalue weighted by atomic mass is 10.1. The molecular formula is C13H16ClFO4S. The van der Waals surface area contributed by atoms with Crippen molar-refractivity contribution in [3.05, 3.63) is 29.1 Å². The van der Waals surface area contributed by atoms with Crippen LogP contribution in [0.25, 0.3) is 0 Å². The maximum atomic E-state index is 13.7. The first-order valence-electron chi connectivity index (χ1n) is 5.99. The third kappa shape index (κ3) is 3.93. The van der Waals surface area contributed by atoms with E-state index in [1.807, 2.05) is 13.8 Å². The quantitative estimate of drug-likeness (QED) is 0.630. The summed E-state index contributed by atoms with van der Waals surface area (Å²) >= 11 is 0. The van der Waals surface area contributed by atoms with E-state index in [2.05, 4.69) is 0 Å².